The Kier molecular flexibility index (Phi) is 8.29. The number of nitrogens with zero attached hydrogens (tertiary/aromatic N) is 2. The third-order valence-corrected chi connectivity index (χ3v) is 5.66. The van der Waals surface area contributed by atoms with Gasteiger partial charge in [0, 0.05) is 50.5 Å². The summed E-state index contributed by atoms with van der Waals surface area (Å²) in [6.45, 7) is 3.80. The zero-order valence-electron chi connectivity index (χ0n) is 19.4. The smallest absolute Gasteiger partial charge is 0.434 e. The normalized spacial score (nSPS) is 13.8. The third kappa shape index (κ3) is 6.71. The number of hydrogen-bond acceptors (Lipinski definition) is 6. The highest BCUT2D eigenvalue weighted by Crippen LogP contribution is 2.20. The maximum absolute atomic E-state index is 12.8. The SMILES string of the molecule is CCOC(=O)Oc1ccc(C(=O)N2CCC(CNC(=O)c3ccc(N(C)C)cc3)CC2)cc1. The standard InChI is InChI=1S/C25H31N3O5/c1-4-32-25(31)33-22-11-7-20(8-12-22)24(30)28-15-13-18(14-16-28)17-26-23(29)19-5-9-21(10-6-19)27(2)3/h5-12,18H,4,13-17H2,1-3H3,(H,26,29). The van der Waals surface area contributed by atoms with E-state index in [9.17, 15) is 14.4 Å². The number of piperidine rings is 1. The van der Waals surface area contributed by atoms with Gasteiger partial charge in [0.1, 0.15) is 5.75 Å². The quantitative estimate of drug-likeness (QED) is 0.509. The summed E-state index contributed by atoms with van der Waals surface area (Å²) >= 11 is 0. The molecule has 0 aliphatic carbocycles. The fourth-order valence-electron chi connectivity index (χ4n) is 3.68. The lowest BCUT2D eigenvalue weighted by molar-refractivity contribution is 0.0684. The van der Waals surface area contributed by atoms with Crippen LogP contribution >= 0.6 is 0 Å². The first-order valence-electron chi connectivity index (χ1n) is 11.2. The molecule has 0 saturated carbocycles. The maximum Gasteiger partial charge on any atom is 0.513 e. The van der Waals surface area contributed by atoms with Gasteiger partial charge in [0.25, 0.3) is 11.8 Å². The van der Waals surface area contributed by atoms with Gasteiger partial charge < -0.3 is 24.6 Å². The molecule has 0 atom stereocenters. The van der Waals surface area contributed by atoms with E-state index >= 15 is 0 Å². The third-order valence-electron chi connectivity index (χ3n) is 5.66. The topological polar surface area (TPSA) is 88.2 Å². The van der Waals surface area contributed by atoms with E-state index in [2.05, 4.69) is 5.32 Å². The van der Waals surface area contributed by atoms with Gasteiger partial charge in [-0.05, 0) is 74.2 Å². The molecule has 2 amide bonds. The molecule has 0 bridgehead atoms. The van der Waals surface area contributed by atoms with Crippen molar-refractivity contribution in [2.45, 2.75) is 19.8 Å². The molecule has 1 aliphatic heterocycles. The molecule has 1 saturated heterocycles. The second kappa shape index (κ2) is 11.4. The van der Waals surface area contributed by atoms with Crippen LogP contribution in [0.5, 0.6) is 5.75 Å². The molecule has 2 aromatic rings. The van der Waals surface area contributed by atoms with Crippen molar-refractivity contribution in [1.29, 1.82) is 0 Å². The van der Waals surface area contributed by atoms with E-state index in [0.717, 1.165) is 18.5 Å². The van der Waals surface area contributed by atoms with Crippen molar-refractivity contribution in [1.82, 2.24) is 10.2 Å². The lowest BCUT2D eigenvalue weighted by Crippen LogP contribution is -2.41. The second-order valence-electron chi connectivity index (χ2n) is 8.20. The molecular weight excluding hydrogens is 422 g/mol. The molecule has 33 heavy (non-hydrogen) atoms. The fourth-order valence-corrected chi connectivity index (χ4v) is 3.68. The number of rotatable bonds is 7. The monoisotopic (exact) mass is 453 g/mol. The lowest BCUT2D eigenvalue weighted by atomic mass is 9.96. The number of hydrogen-bond donors (Lipinski definition) is 1. The molecule has 0 radical (unpaired) electrons. The highest BCUT2D eigenvalue weighted by atomic mass is 16.7. The van der Waals surface area contributed by atoms with Crippen LogP contribution in [0.3, 0.4) is 0 Å². The average Bonchev–Trinajstić information content (AvgIpc) is 2.83. The minimum absolute atomic E-state index is 0.0545. The molecular formula is C25H31N3O5. The second-order valence-corrected chi connectivity index (χ2v) is 8.20. The Morgan fingerprint density at radius 2 is 1.58 bits per heavy atom. The van der Waals surface area contributed by atoms with E-state index in [1.165, 1.54) is 0 Å². The zero-order chi connectivity index (χ0) is 23.8. The van der Waals surface area contributed by atoms with Gasteiger partial charge in [0.15, 0.2) is 0 Å². The zero-order valence-corrected chi connectivity index (χ0v) is 19.4. The molecule has 3 rings (SSSR count). The summed E-state index contributed by atoms with van der Waals surface area (Å²) in [6.07, 6.45) is 0.891. The predicted molar refractivity (Wildman–Crippen MR) is 126 cm³/mol. The van der Waals surface area contributed by atoms with Gasteiger partial charge in [0.05, 0.1) is 6.61 Å². The molecule has 1 N–H and O–H groups in total. The molecule has 2 aromatic carbocycles. The molecule has 1 aliphatic rings. The van der Waals surface area contributed by atoms with Crippen LogP contribution < -0.4 is 15.0 Å². The van der Waals surface area contributed by atoms with E-state index < -0.39 is 6.16 Å². The molecule has 0 spiro atoms. The summed E-state index contributed by atoms with van der Waals surface area (Å²) in [5, 5.41) is 3.02. The highest BCUT2D eigenvalue weighted by Gasteiger charge is 2.24. The number of benzene rings is 2. The van der Waals surface area contributed by atoms with Crippen molar-refractivity contribution in [2.75, 3.05) is 45.2 Å². The minimum atomic E-state index is -0.767. The summed E-state index contributed by atoms with van der Waals surface area (Å²) in [5.41, 5.74) is 2.23. The van der Waals surface area contributed by atoms with Crippen LogP contribution in [0, 0.1) is 5.92 Å². The van der Waals surface area contributed by atoms with E-state index in [0.29, 0.717) is 42.4 Å². The molecule has 1 heterocycles. The van der Waals surface area contributed by atoms with E-state index in [1.54, 1.807) is 31.2 Å². The Balaban J connectivity index is 1.44. The van der Waals surface area contributed by atoms with E-state index in [1.807, 2.05) is 48.2 Å². The van der Waals surface area contributed by atoms with Crippen LogP contribution in [-0.2, 0) is 4.74 Å². The fraction of sp³-hybridized carbons (Fsp3) is 0.400. The summed E-state index contributed by atoms with van der Waals surface area (Å²) in [5.74, 6) is 0.528. The van der Waals surface area contributed by atoms with Gasteiger partial charge in [-0.3, -0.25) is 9.59 Å². The molecule has 8 heteroatoms. The molecule has 8 nitrogen and oxygen atoms in total. The van der Waals surface area contributed by atoms with Gasteiger partial charge in [-0.1, -0.05) is 0 Å². The average molecular weight is 454 g/mol. The first-order chi connectivity index (χ1) is 15.9. The predicted octanol–water partition coefficient (Wildman–Crippen LogP) is 3.57. The van der Waals surface area contributed by atoms with Crippen molar-refractivity contribution >= 4 is 23.7 Å². The van der Waals surface area contributed by atoms with Crippen LogP contribution in [0.2, 0.25) is 0 Å². The number of anilines is 1. The summed E-state index contributed by atoms with van der Waals surface area (Å²) in [7, 11) is 3.92. The Labute approximate surface area is 194 Å². The van der Waals surface area contributed by atoms with Gasteiger partial charge >= 0.3 is 6.16 Å². The number of nitrogens with one attached hydrogen (secondary N) is 1. The number of ether oxygens (including phenoxy) is 2. The first kappa shape index (κ1) is 24.1. The Morgan fingerprint density at radius 3 is 2.15 bits per heavy atom. The number of carbonyl (C=O) groups is 3. The van der Waals surface area contributed by atoms with Crippen LogP contribution in [0.25, 0.3) is 0 Å². The van der Waals surface area contributed by atoms with Crippen molar-refractivity contribution < 1.29 is 23.9 Å². The Morgan fingerprint density at radius 1 is 0.970 bits per heavy atom. The molecule has 0 unspecified atom stereocenters. The van der Waals surface area contributed by atoms with Crippen molar-refractivity contribution in [3.8, 4) is 5.75 Å². The minimum Gasteiger partial charge on any atom is -0.434 e. The summed E-state index contributed by atoms with van der Waals surface area (Å²) in [6, 6.07) is 14.0. The van der Waals surface area contributed by atoms with E-state index in [-0.39, 0.29) is 18.4 Å². The number of carbonyl (C=O) groups excluding carboxylic acids is 3. The van der Waals surface area contributed by atoms with Crippen LogP contribution in [0.1, 0.15) is 40.5 Å². The van der Waals surface area contributed by atoms with Gasteiger partial charge in [0.2, 0.25) is 0 Å². The van der Waals surface area contributed by atoms with Crippen molar-refractivity contribution in [3.63, 3.8) is 0 Å². The van der Waals surface area contributed by atoms with Crippen molar-refractivity contribution in [3.05, 3.63) is 59.7 Å². The summed E-state index contributed by atoms with van der Waals surface area (Å²) in [4.78, 5) is 40.4. The highest BCUT2D eigenvalue weighted by molar-refractivity contribution is 5.95. The van der Waals surface area contributed by atoms with Crippen molar-refractivity contribution in [2.24, 2.45) is 5.92 Å². The number of amides is 2. The number of likely N-dealkylation sites (tertiary alicyclic amines) is 1. The molecule has 0 aromatic heterocycles. The summed E-state index contributed by atoms with van der Waals surface area (Å²) < 4.78 is 9.76. The molecule has 1 fully saturated rings. The van der Waals surface area contributed by atoms with Gasteiger partial charge in [-0.15, -0.1) is 0 Å². The van der Waals surface area contributed by atoms with Gasteiger partial charge in [-0.2, -0.15) is 0 Å². The van der Waals surface area contributed by atoms with Crippen LogP contribution in [0.4, 0.5) is 10.5 Å². The lowest BCUT2D eigenvalue weighted by Gasteiger charge is -2.32. The largest absolute Gasteiger partial charge is 0.513 e. The Bertz CT molecular complexity index is 949. The van der Waals surface area contributed by atoms with Crippen LogP contribution in [0.15, 0.2) is 48.5 Å². The van der Waals surface area contributed by atoms with Crippen LogP contribution in [-0.4, -0.2) is 63.2 Å². The van der Waals surface area contributed by atoms with Gasteiger partial charge in [-0.25, -0.2) is 4.79 Å². The van der Waals surface area contributed by atoms with E-state index in [4.69, 9.17) is 9.47 Å². The first-order valence-corrected chi connectivity index (χ1v) is 11.2. The Hall–Kier alpha value is -3.55. The molecule has 176 valence electrons. The maximum atomic E-state index is 12.8.